The Morgan fingerprint density at radius 2 is 1.89 bits per heavy atom. The van der Waals surface area contributed by atoms with Gasteiger partial charge in [0.25, 0.3) is 0 Å². The summed E-state index contributed by atoms with van der Waals surface area (Å²) in [5.74, 6) is -0.112. The van der Waals surface area contributed by atoms with Crippen molar-refractivity contribution in [2.24, 2.45) is 0 Å². The zero-order valence-electron chi connectivity index (χ0n) is 11.9. The topological polar surface area (TPSA) is 15.3 Å². The highest BCUT2D eigenvalue weighted by Crippen LogP contribution is 2.43. The van der Waals surface area contributed by atoms with Crippen molar-refractivity contribution in [2.75, 3.05) is 23.8 Å². The fourth-order valence-electron chi connectivity index (χ4n) is 3.73. The van der Waals surface area contributed by atoms with E-state index in [0.717, 1.165) is 24.2 Å². The molecule has 0 atom stereocenters. The van der Waals surface area contributed by atoms with Crippen LogP contribution in [0.3, 0.4) is 0 Å². The standard InChI is InChI=1S/C16H23FN2/c1-12-10-15-14(11-13(12)17)18-9-8-16(19(15)2)6-4-3-5-7-16/h10-11,18H,3-9H2,1-2H3. The maximum atomic E-state index is 13.7. The molecule has 19 heavy (non-hydrogen) atoms. The third-order valence-electron chi connectivity index (χ3n) is 5.04. The van der Waals surface area contributed by atoms with Gasteiger partial charge < -0.3 is 10.2 Å². The molecule has 2 nitrogen and oxygen atoms in total. The van der Waals surface area contributed by atoms with Gasteiger partial charge in [-0.15, -0.1) is 0 Å². The number of fused-ring (bicyclic) bond motifs is 1. The predicted octanol–water partition coefficient (Wildman–Crippen LogP) is 4.09. The van der Waals surface area contributed by atoms with Crippen LogP contribution >= 0.6 is 0 Å². The van der Waals surface area contributed by atoms with Crippen molar-refractivity contribution in [3.63, 3.8) is 0 Å². The zero-order valence-corrected chi connectivity index (χ0v) is 11.9. The first-order chi connectivity index (χ1) is 9.12. The Hall–Kier alpha value is -1.25. The molecular formula is C16H23FN2. The molecule has 1 aromatic carbocycles. The number of nitrogens with one attached hydrogen (secondary N) is 1. The summed E-state index contributed by atoms with van der Waals surface area (Å²) in [7, 11) is 2.19. The van der Waals surface area contributed by atoms with Crippen LogP contribution in [0.25, 0.3) is 0 Å². The summed E-state index contributed by atoms with van der Waals surface area (Å²) in [5.41, 5.74) is 3.13. The number of hydrogen-bond donors (Lipinski definition) is 1. The molecule has 1 saturated carbocycles. The number of hydrogen-bond acceptors (Lipinski definition) is 2. The van der Waals surface area contributed by atoms with E-state index in [1.54, 1.807) is 6.07 Å². The first kappa shape index (κ1) is 12.8. The maximum Gasteiger partial charge on any atom is 0.128 e. The van der Waals surface area contributed by atoms with Crippen molar-refractivity contribution in [1.29, 1.82) is 0 Å². The Balaban J connectivity index is 2.03. The predicted molar refractivity (Wildman–Crippen MR) is 78.5 cm³/mol. The SMILES string of the molecule is Cc1cc2c(cc1F)NCCC1(CCCCC1)N2C. The van der Waals surface area contributed by atoms with Crippen LogP contribution in [0.15, 0.2) is 12.1 Å². The van der Waals surface area contributed by atoms with E-state index >= 15 is 0 Å². The molecular weight excluding hydrogens is 239 g/mol. The molecule has 0 saturated heterocycles. The lowest BCUT2D eigenvalue weighted by Gasteiger charge is -2.45. The van der Waals surface area contributed by atoms with E-state index in [4.69, 9.17) is 0 Å². The Morgan fingerprint density at radius 3 is 2.63 bits per heavy atom. The van der Waals surface area contributed by atoms with Gasteiger partial charge in [0.2, 0.25) is 0 Å². The van der Waals surface area contributed by atoms with E-state index in [1.165, 1.54) is 37.8 Å². The summed E-state index contributed by atoms with van der Waals surface area (Å²) in [5, 5.41) is 3.41. The highest BCUT2D eigenvalue weighted by atomic mass is 19.1. The molecule has 3 heteroatoms. The molecule has 0 amide bonds. The second kappa shape index (κ2) is 4.69. The first-order valence-electron chi connectivity index (χ1n) is 7.40. The lowest BCUT2D eigenvalue weighted by molar-refractivity contribution is 0.274. The molecule has 1 aromatic rings. The van der Waals surface area contributed by atoms with Crippen LogP contribution in [0.2, 0.25) is 0 Å². The van der Waals surface area contributed by atoms with E-state index < -0.39 is 0 Å². The van der Waals surface area contributed by atoms with E-state index in [0.29, 0.717) is 0 Å². The van der Waals surface area contributed by atoms with Crippen molar-refractivity contribution in [2.45, 2.75) is 51.0 Å². The zero-order chi connectivity index (χ0) is 13.5. The highest BCUT2D eigenvalue weighted by Gasteiger charge is 2.38. The third kappa shape index (κ3) is 2.09. The minimum Gasteiger partial charge on any atom is -0.383 e. The van der Waals surface area contributed by atoms with Crippen LogP contribution in [0.5, 0.6) is 0 Å². The van der Waals surface area contributed by atoms with Crippen molar-refractivity contribution in [3.8, 4) is 0 Å². The van der Waals surface area contributed by atoms with Gasteiger partial charge in [-0.3, -0.25) is 0 Å². The van der Waals surface area contributed by atoms with Crippen molar-refractivity contribution < 1.29 is 4.39 Å². The quantitative estimate of drug-likeness (QED) is 0.757. The number of halogens is 1. The summed E-state index contributed by atoms with van der Waals surface area (Å²) < 4.78 is 13.7. The number of anilines is 2. The highest BCUT2D eigenvalue weighted by molar-refractivity contribution is 5.73. The van der Waals surface area contributed by atoms with Gasteiger partial charge in [0.15, 0.2) is 0 Å². The lowest BCUT2D eigenvalue weighted by atomic mass is 9.78. The second-order valence-corrected chi connectivity index (χ2v) is 6.14. The smallest absolute Gasteiger partial charge is 0.128 e. The molecule has 2 aliphatic rings. The Kier molecular flexibility index (Phi) is 3.15. The van der Waals surface area contributed by atoms with E-state index in [1.807, 2.05) is 13.0 Å². The van der Waals surface area contributed by atoms with Crippen LogP contribution in [-0.4, -0.2) is 19.1 Å². The number of aryl methyl sites for hydroxylation is 1. The molecule has 0 aromatic heterocycles. The fraction of sp³-hybridized carbons (Fsp3) is 0.625. The molecule has 1 heterocycles. The van der Waals surface area contributed by atoms with Crippen LogP contribution in [0, 0.1) is 12.7 Å². The summed E-state index contributed by atoms with van der Waals surface area (Å²) >= 11 is 0. The molecule has 1 aliphatic carbocycles. The minimum atomic E-state index is -0.112. The molecule has 0 radical (unpaired) electrons. The molecule has 1 fully saturated rings. The van der Waals surface area contributed by atoms with E-state index in [-0.39, 0.29) is 11.4 Å². The van der Waals surface area contributed by atoms with Crippen LogP contribution < -0.4 is 10.2 Å². The Morgan fingerprint density at radius 1 is 1.16 bits per heavy atom. The normalized spacial score (nSPS) is 21.7. The van der Waals surface area contributed by atoms with Crippen LogP contribution in [0.1, 0.15) is 44.1 Å². The molecule has 3 rings (SSSR count). The van der Waals surface area contributed by atoms with E-state index in [2.05, 4.69) is 17.3 Å². The number of nitrogens with zero attached hydrogens (tertiary/aromatic N) is 1. The average Bonchev–Trinajstić information content (AvgIpc) is 2.53. The molecule has 0 bridgehead atoms. The molecule has 1 N–H and O–H groups in total. The Labute approximate surface area is 115 Å². The van der Waals surface area contributed by atoms with Crippen molar-refractivity contribution in [1.82, 2.24) is 0 Å². The van der Waals surface area contributed by atoms with Gasteiger partial charge in [-0.25, -0.2) is 4.39 Å². The third-order valence-corrected chi connectivity index (χ3v) is 5.04. The first-order valence-corrected chi connectivity index (χ1v) is 7.40. The second-order valence-electron chi connectivity index (χ2n) is 6.14. The lowest BCUT2D eigenvalue weighted by Crippen LogP contribution is -2.48. The summed E-state index contributed by atoms with van der Waals surface area (Å²) in [4.78, 5) is 2.42. The fourth-order valence-corrected chi connectivity index (χ4v) is 3.73. The number of rotatable bonds is 0. The molecule has 1 spiro atoms. The van der Waals surface area contributed by atoms with Gasteiger partial charge in [-0.05, 0) is 43.9 Å². The largest absolute Gasteiger partial charge is 0.383 e. The Bertz CT molecular complexity index is 478. The monoisotopic (exact) mass is 262 g/mol. The molecule has 1 aliphatic heterocycles. The van der Waals surface area contributed by atoms with Gasteiger partial charge in [-0.2, -0.15) is 0 Å². The van der Waals surface area contributed by atoms with Gasteiger partial charge in [-0.1, -0.05) is 19.3 Å². The summed E-state index contributed by atoms with van der Waals surface area (Å²) in [6, 6.07) is 3.66. The van der Waals surface area contributed by atoms with Crippen LogP contribution in [0.4, 0.5) is 15.8 Å². The van der Waals surface area contributed by atoms with Crippen LogP contribution in [-0.2, 0) is 0 Å². The van der Waals surface area contributed by atoms with E-state index in [9.17, 15) is 4.39 Å². The van der Waals surface area contributed by atoms with Gasteiger partial charge >= 0.3 is 0 Å². The average molecular weight is 262 g/mol. The summed E-state index contributed by atoms with van der Waals surface area (Å²) in [6.45, 7) is 2.79. The molecule has 104 valence electrons. The number of benzene rings is 1. The van der Waals surface area contributed by atoms with Crippen molar-refractivity contribution in [3.05, 3.63) is 23.5 Å². The van der Waals surface area contributed by atoms with Crippen molar-refractivity contribution >= 4 is 11.4 Å². The van der Waals surface area contributed by atoms with Gasteiger partial charge in [0.05, 0.1) is 11.4 Å². The minimum absolute atomic E-state index is 0.112. The van der Waals surface area contributed by atoms with Gasteiger partial charge in [0, 0.05) is 19.1 Å². The maximum absolute atomic E-state index is 13.7. The van der Waals surface area contributed by atoms with Gasteiger partial charge in [0.1, 0.15) is 5.82 Å². The molecule has 0 unspecified atom stereocenters. The summed E-state index contributed by atoms with van der Waals surface area (Å²) in [6.07, 6.45) is 7.68.